The number of likely N-dealkylation sites (N-methyl/N-ethyl adjacent to an activating group) is 1. The maximum Gasteiger partial charge on any atom is 0.434 e. The number of rotatable bonds is 3. The molecule has 0 bridgehead atoms. The van der Waals surface area contributed by atoms with Crippen molar-refractivity contribution in [3.63, 3.8) is 0 Å². The van der Waals surface area contributed by atoms with E-state index in [1.54, 1.807) is 17.8 Å². The van der Waals surface area contributed by atoms with Crippen molar-refractivity contribution < 1.29 is 9.90 Å². The Labute approximate surface area is 237 Å². The topological polar surface area (TPSA) is 103 Å². The van der Waals surface area contributed by atoms with Crippen LogP contribution in [0.5, 0.6) is 0 Å². The van der Waals surface area contributed by atoms with Gasteiger partial charge in [0.15, 0.2) is 0 Å². The van der Waals surface area contributed by atoms with E-state index in [1.165, 1.54) is 5.56 Å². The Morgan fingerprint density at radius 1 is 0.951 bits per heavy atom. The van der Waals surface area contributed by atoms with Crippen molar-refractivity contribution in [2.45, 2.75) is 13.8 Å². The third-order valence-electron chi connectivity index (χ3n) is 8.01. The lowest BCUT2D eigenvalue weighted by Crippen LogP contribution is -2.44. The van der Waals surface area contributed by atoms with Gasteiger partial charge in [-0.05, 0) is 61.9 Å². The molecule has 1 fully saturated rings. The number of hydrogen-bond acceptors (Lipinski definition) is 5. The second kappa shape index (κ2) is 10.2. The fraction of sp³-hybridized carbons (Fsp3) is 0.250. The van der Waals surface area contributed by atoms with Crippen LogP contribution < -0.4 is 10.5 Å². The van der Waals surface area contributed by atoms with E-state index in [9.17, 15) is 15.2 Å². The first-order chi connectivity index (χ1) is 19.7. The fourth-order valence-corrected chi connectivity index (χ4v) is 5.69. The van der Waals surface area contributed by atoms with Gasteiger partial charge in [-0.3, -0.25) is 9.55 Å². The van der Waals surface area contributed by atoms with Crippen LogP contribution in [0.15, 0.2) is 65.8 Å². The highest BCUT2D eigenvalue weighted by molar-refractivity contribution is 6.04. The van der Waals surface area contributed by atoms with E-state index >= 15 is 0 Å². The van der Waals surface area contributed by atoms with Gasteiger partial charge in [-0.1, -0.05) is 35.9 Å². The third kappa shape index (κ3) is 4.62. The van der Waals surface area contributed by atoms with Gasteiger partial charge in [0.25, 0.3) is 0 Å². The van der Waals surface area contributed by atoms with Gasteiger partial charge in [-0.25, -0.2) is 4.79 Å². The largest absolute Gasteiger partial charge is 0.463 e. The summed E-state index contributed by atoms with van der Waals surface area (Å²) < 4.78 is 3.60. The molecule has 9 nitrogen and oxygen atoms in total. The predicted octanol–water partition coefficient (Wildman–Crippen LogP) is 5.00. The molecule has 5 aromatic rings. The van der Waals surface area contributed by atoms with Crippen LogP contribution in [-0.2, 0) is 7.05 Å². The Kier molecular flexibility index (Phi) is 6.56. The molecule has 41 heavy (non-hydrogen) atoms. The number of fused-ring (bicyclic) bond motifs is 3. The number of amides is 1. The number of aromatic nitrogens is 3. The van der Waals surface area contributed by atoms with Crippen molar-refractivity contribution in [1.29, 1.82) is 5.26 Å². The Morgan fingerprint density at radius 3 is 2.34 bits per heavy atom. The maximum absolute atomic E-state index is 11.9. The molecule has 206 valence electrons. The number of nitrogens with zero attached hydrogens (tertiary/aromatic N) is 7. The molecule has 0 atom stereocenters. The standard InChI is InChI=1S/C32H31N7O2/c1-20-5-7-22(8-6-20)23-9-10-26-25(16-23)30-29(19-34-26)37(4)31(35-32(40)41)39(30)27-17-24(18-33)28(15-21(27)2)38-13-11-36(3)12-14-38/h5-10,15-17,19H,11-14H2,1-4H3,(H,40,41). The summed E-state index contributed by atoms with van der Waals surface area (Å²) in [5.74, 6) is 0. The van der Waals surface area contributed by atoms with Crippen LogP contribution >= 0.6 is 0 Å². The lowest BCUT2D eigenvalue weighted by atomic mass is 10.0. The second-order valence-corrected chi connectivity index (χ2v) is 10.7. The highest BCUT2D eigenvalue weighted by Gasteiger charge is 2.22. The molecule has 3 heterocycles. The minimum absolute atomic E-state index is 0.238. The zero-order valence-electron chi connectivity index (χ0n) is 23.6. The molecule has 0 spiro atoms. The van der Waals surface area contributed by atoms with Gasteiger partial charge < -0.3 is 19.5 Å². The van der Waals surface area contributed by atoms with E-state index in [-0.39, 0.29) is 5.62 Å². The number of anilines is 1. The number of pyridine rings is 1. The summed E-state index contributed by atoms with van der Waals surface area (Å²) >= 11 is 0. The number of nitriles is 1. The lowest BCUT2D eigenvalue weighted by Gasteiger charge is -2.34. The molecule has 0 unspecified atom stereocenters. The summed E-state index contributed by atoms with van der Waals surface area (Å²) in [4.78, 5) is 25.2. The number of hydrogen-bond donors (Lipinski definition) is 1. The van der Waals surface area contributed by atoms with Gasteiger partial charge in [0.1, 0.15) is 6.07 Å². The molecule has 1 aliphatic heterocycles. The molecule has 1 amide bonds. The van der Waals surface area contributed by atoms with Gasteiger partial charge in [0.2, 0.25) is 5.62 Å². The van der Waals surface area contributed by atoms with Gasteiger partial charge in [-0.15, -0.1) is 4.99 Å². The molecule has 3 aromatic carbocycles. The first-order valence-corrected chi connectivity index (χ1v) is 13.6. The van der Waals surface area contributed by atoms with Crippen LogP contribution in [0.4, 0.5) is 10.5 Å². The quantitative estimate of drug-likeness (QED) is 0.342. The van der Waals surface area contributed by atoms with Crippen molar-refractivity contribution in [3.8, 4) is 22.9 Å². The molecule has 2 aromatic heterocycles. The normalized spacial score (nSPS) is 14.6. The number of piperazine rings is 1. The Hall–Kier alpha value is -4.94. The monoisotopic (exact) mass is 545 g/mol. The highest BCUT2D eigenvalue weighted by Crippen LogP contribution is 2.33. The molecule has 9 heteroatoms. The van der Waals surface area contributed by atoms with Crippen molar-refractivity contribution in [2.24, 2.45) is 12.0 Å². The zero-order valence-corrected chi connectivity index (χ0v) is 23.6. The maximum atomic E-state index is 11.9. The first-order valence-electron chi connectivity index (χ1n) is 13.6. The first kappa shape index (κ1) is 26.3. The number of benzene rings is 3. The van der Waals surface area contributed by atoms with Gasteiger partial charge in [0.05, 0.1) is 39.7 Å². The molecule has 6 rings (SSSR count). The summed E-state index contributed by atoms with van der Waals surface area (Å²) in [6, 6.07) is 20.8. The van der Waals surface area contributed by atoms with E-state index in [0.717, 1.165) is 70.5 Å². The SMILES string of the molecule is Cc1ccc(-c2ccc3ncc4c(c3c2)n(-c2cc(C#N)c(N3CCN(C)CC3)cc2C)c(=NC(=O)O)n4C)cc1. The predicted molar refractivity (Wildman–Crippen MR) is 160 cm³/mol. The lowest BCUT2D eigenvalue weighted by molar-refractivity contribution is 0.204. The summed E-state index contributed by atoms with van der Waals surface area (Å²) in [5, 5.41) is 20.8. The molecule has 0 radical (unpaired) electrons. The van der Waals surface area contributed by atoms with Crippen molar-refractivity contribution >= 4 is 33.7 Å². The van der Waals surface area contributed by atoms with Crippen molar-refractivity contribution in [2.75, 3.05) is 38.1 Å². The van der Waals surface area contributed by atoms with Crippen LogP contribution in [-0.4, -0.2) is 63.4 Å². The van der Waals surface area contributed by atoms with Crippen LogP contribution in [0, 0.1) is 25.2 Å². The minimum Gasteiger partial charge on any atom is -0.463 e. The average molecular weight is 546 g/mol. The van der Waals surface area contributed by atoms with Gasteiger partial charge in [-0.2, -0.15) is 5.26 Å². The Morgan fingerprint density at radius 2 is 1.66 bits per heavy atom. The van der Waals surface area contributed by atoms with Crippen molar-refractivity contribution in [3.05, 3.63) is 83.1 Å². The average Bonchev–Trinajstić information content (AvgIpc) is 3.24. The molecule has 1 saturated heterocycles. The van der Waals surface area contributed by atoms with Gasteiger partial charge in [0, 0.05) is 38.6 Å². The fourth-order valence-electron chi connectivity index (χ4n) is 5.69. The number of carboxylic acid groups (broad SMARTS) is 1. The summed E-state index contributed by atoms with van der Waals surface area (Å²) in [6.07, 6.45) is 0.453. The minimum atomic E-state index is -1.30. The molecule has 1 N–H and O–H groups in total. The summed E-state index contributed by atoms with van der Waals surface area (Å²) in [6.45, 7) is 7.58. The summed E-state index contributed by atoms with van der Waals surface area (Å²) in [7, 11) is 3.89. The van der Waals surface area contributed by atoms with Crippen molar-refractivity contribution in [1.82, 2.24) is 19.0 Å². The van der Waals surface area contributed by atoms with E-state index in [0.29, 0.717) is 11.3 Å². The number of aryl methyl sites for hydroxylation is 3. The zero-order chi connectivity index (χ0) is 28.8. The van der Waals surface area contributed by atoms with Crippen LogP contribution in [0.1, 0.15) is 16.7 Å². The molecule has 1 aliphatic rings. The third-order valence-corrected chi connectivity index (χ3v) is 8.01. The second-order valence-electron chi connectivity index (χ2n) is 10.7. The molecular formula is C32H31N7O2. The van der Waals surface area contributed by atoms with Crippen LogP contribution in [0.3, 0.4) is 0 Å². The van der Waals surface area contributed by atoms with E-state index < -0.39 is 6.09 Å². The molecular weight excluding hydrogens is 514 g/mol. The van der Waals surface area contributed by atoms with E-state index in [1.807, 2.05) is 35.8 Å². The van der Waals surface area contributed by atoms with Gasteiger partial charge >= 0.3 is 6.09 Å². The Bertz CT molecular complexity index is 1940. The smallest absolute Gasteiger partial charge is 0.434 e. The van der Waals surface area contributed by atoms with Crippen LogP contribution in [0.25, 0.3) is 38.8 Å². The summed E-state index contributed by atoms with van der Waals surface area (Å²) in [5.41, 5.74) is 8.88. The van der Waals surface area contributed by atoms with E-state index in [2.05, 4.69) is 65.2 Å². The van der Waals surface area contributed by atoms with Crippen LogP contribution in [0.2, 0.25) is 0 Å². The van der Waals surface area contributed by atoms with E-state index in [4.69, 9.17) is 4.98 Å². The number of imidazole rings is 1. The highest BCUT2D eigenvalue weighted by atomic mass is 16.4. The molecule has 0 aliphatic carbocycles. The Balaban J connectivity index is 1.65. The molecule has 0 saturated carbocycles. The number of carbonyl (C=O) groups is 1.